The molecule has 17 heavy (non-hydrogen) atoms. The van der Waals surface area contributed by atoms with Crippen molar-refractivity contribution in [2.45, 2.75) is 13.8 Å². The lowest BCUT2D eigenvalue weighted by Crippen LogP contribution is -1.95. The SMILES string of the molecule is Cc1nc(Br)cc(Oc2ccc(F)cc2C)n1. The first kappa shape index (κ1) is 12.0. The summed E-state index contributed by atoms with van der Waals surface area (Å²) in [6.07, 6.45) is 0. The third-order valence-corrected chi connectivity index (χ3v) is 2.54. The van der Waals surface area contributed by atoms with Crippen LogP contribution < -0.4 is 4.74 Å². The summed E-state index contributed by atoms with van der Waals surface area (Å²) in [4.78, 5) is 8.21. The number of nitrogens with zero attached hydrogens (tertiary/aromatic N) is 2. The average Bonchev–Trinajstić information content (AvgIpc) is 2.21. The van der Waals surface area contributed by atoms with E-state index in [9.17, 15) is 4.39 Å². The van der Waals surface area contributed by atoms with Gasteiger partial charge < -0.3 is 4.74 Å². The highest BCUT2D eigenvalue weighted by Crippen LogP contribution is 2.25. The standard InChI is InChI=1S/C12H10BrFN2O/c1-7-5-9(14)3-4-10(7)17-12-6-11(13)15-8(2)16-12/h3-6H,1-2H3. The lowest BCUT2D eigenvalue weighted by Gasteiger charge is -2.08. The topological polar surface area (TPSA) is 35.0 Å². The maximum Gasteiger partial charge on any atom is 0.223 e. The molecule has 0 amide bonds. The quantitative estimate of drug-likeness (QED) is 0.791. The minimum absolute atomic E-state index is 0.283. The number of benzene rings is 1. The van der Waals surface area contributed by atoms with Crippen LogP contribution >= 0.6 is 15.9 Å². The minimum Gasteiger partial charge on any atom is -0.439 e. The van der Waals surface area contributed by atoms with Crippen LogP contribution in [0.4, 0.5) is 4.39 Å². The van der Waals surface area contributed by atoms with Gasteiger partial charge in [-0.1, -0.05) is 0 Å². The zero-order chi connectivity index (χ0) is 12.4. The number of ether oxygens (including phenoxy) is 1. The molecule has 0 unspecified atom stereocenters. The Kier molecular flexibility index (Phi) is 3.38. The highest BCUT2D eigenvalue weighted by Gasteiger charge is 2.05. The molecule has 2 rings (SSSR count). The molecular formula is C12H10BrFN2O. The first-order valence-electron chi connectivity index (χ1n) is 5.00. The third kappa shape index (κ3) is 3.00. The van der Waals surface area contributed by atoms with Gasteiger partial charge in [0.05, 0.1) is 0 Å². The second-order valence-electron chi connectivity index (χ2n) is 3.59. The van der Waals surface area contributed by atoms with E-state index in [1.54, 1.807) is 26.0 Å². The molecule has 0 fully saturated rings. The van der Waals surface area contributed by atoms with Gasteiger partial charge in [0.25, 0.3) is 0 Å². The molecule has 1 aromatic carbocycles. The monoisotopic (exact) mass is 296 g/mol. The number of halogens is 2. The molecule has 1 heterocycles. The summed E-state index contributed by atoms with van der Waals surface area (Å²) in [6.45, 7) is 3.55. The summed E-state index contributed by atoms with van der Waals surface area (Å²) >= 11 is 3.27. The molecule has 0 saturated carbocycles. The van der Waals surface area contributed by atoms with Crippen molar-refractivity contribution in [3.8, 4) is 11.6 Å². The summed E-state index contributed by atoms with van der Waals surface area (Å²) in [5.41, 5.74) is 0.720. The number of hydrogen-bond acceptors (Lipinski definition) is 3. The Morgan fingerprint density at radius 3 is 2.59 bits per heavy atom. The van der Waals surface area contributed by atoms with Crippen LogP contribution in [0.1, 0.15) is 11.4 Å². The maximum absolute atomic E-state index is 12.9. The number of aryl methyl sites for hydroxylation is 2. The second-order valence-corrected chi connectivity index (χ2v) is 4.40. The van der Waals surface area contributed by atoms with E-state index in [1.165, 1.54) is 12.1 Å². The zero-order valence-corrected chi connectivity index (χ0v) is 11.0. The van der Waals surface area contributed by atoms with Crippen LogP contribution in [0, 0.1) is 19.7 Å². The molecule has 0 aliphatic carbocycles. The average molecular weight is 297 g/mol. The van der Waals surface area contributed by atoms with Crippen LogP contribution in [0.5, 0.6) is 11.6 Å². The molecule has 88 valence electrons. The smallest absolute Gasteiger partial charge is 0.223 e. The zero-order valence-electron chi connectivity index (χ0n) is 9.37. The molecule has 3 nitrogen and oxygen atoms in total. The van der Waals surface area contributed by atoms with Gasteiger partial charge >= 0.3 is 0 Å². The van der Waals surface area contributed by atoms with Crippen molar-refractivity contribution in [2.75, 3.05) is 0 Å². The lowest BCUT2D eigenvalue weighted by atomic mass is 10.2. The molecule has 0 aliphatic rings. The van der Waals surface area contributed by atoms with Gasteiger partial charge in [0.2, 0.25) is 5.88 Å². The Hall–Kier alpha value is -1.49. The van der Waals surface area contributed by atoms with Crippen LogP contribution in [0.15, 0.2) is 28.9 Å². The van der Waals surface area contributed by atoms with Gasteiger partial charge in [0, 0.05) is 6.07 Å². The maximum atomic E-state index is 12.9. The van der Waals surface area contributed by atoms with Crippen LogP contribution in [-0.2, 0) is 0 Å². The Morgan fingerprint density at radius 1 is 1.18 bits per heavy atom. The highest BCUT2D eigenvalue weighted by molar-refractivity contribution is 9.10. The van der Waals surface area contributed by atoms with Gasteiger partial charge in [-0.25, -0.2) is 9.37 Å². The number of hydrogen-bond donors (Lipinski definition) is 0. The number of rotatable bonds is 2. The van der Waals surface area contributed by atoms with Gasteiger partial charge in [-0.3, -0.25) is 0 Å². The van der Waals surface area contributed by atoms with E-state index in [1.807, 2.05) is 0 Å². The molecule has 1 aromatic heterocycles. The van der Waals surface area contributed by atoms with Crippen molar-refractivity contribution in [2.24, 2.45) is 0 Å². The molecule has 0 N–H and O–H groups in total. The molecule has 5 heteroatoms. The first-order chi connectivity index (χ1) is 8.04. The predicted octanol–water partition coefficient (Wildman–Crippen LogP) is 3.79. The lowest BCUT2D eigenvalue weighted by molar-refractivity contribution is 0.454. The van der Waals surface area contributed by atoms with Gasteiger partial charge in [0.1, 0.15) is 22.0 Å². The summed E-state index contributed by atoms with van der Waals surface area (Å²) in [5, 5.41) is 0. The molecule has 0 aliphatic heterocycles. The van der Waals surface area contributed by atoms with Crippen molar-refractivity contribution in [1.29, 1.82) is 0 Å². The van der Waals surface area contributed by atoms with Gasteiger partial charge in [-0.15, -0.1) is 0 Å². The fraction of sp³-hybridized carbons (Fsp3) is 0.167. The fourth-order valence-electron chi connectivity index (χ4n) is 1.40. The Bertz CT molecular complexity index is 540. The van der Waals surface area contributed by atoms with Gasteiger partial charge in [0.15, 0.2) is 0 Å². The summed E-state index contributed by atoms with van der Waals surface area (Å²) in [6, 6.07) is 6.01. The fourth-order valence-corrected chi connectivity index (χ4v) is 1.85. The van der Waals surface area contributed by atoms with Crippen molar-refractivity contribution < 1.29 is 9.13 Å². The third-order valence-electron chi connectivity index (χ3n) is 2.13. The highest BCUT2D eigenvalue weighted by atomic mass is 79.9. The van der Waals surface area contributed by atoms with Crippen molar-refractivity contribution in [3.05, 3.63) is 46.1 Å². The molecule has 0 spiro atoms. The molecular weight excluding hydrogens is 287 g/mol. The number of aromatic nitrogens is 2. The van der Waals surface area contributed by atoms with E-state index < -0.39 is 0 Å². The molecule has 0 atom stereocenters. The second kappa shape index (κ2) is 4.79. The summed E-state index contributed by atoms with van der Waals surface area (Å²) in [7, 11) is 0. The van der Waals surface area contributed by atoms with E-state index in [4.69, 9.17) is 4.74 Å². The van der Waals surface area contributed by atoms with Gasteiger partial charge in [-0.2, -0.15) is 4.98 Å². The Labute approximate surface area is 107 Å². The molecule has 0 radical (unpaired) electrons. The van der Waals surface area contributed by atoms with Crippen LogP contribution in [0.2, 0.25) is 0 Å². The van der Waals surface area contributed by atoms with Crippen LogP contribution in [0.25, 0.3) is 0 Å². The van der Waals surface area contributed by atoms with E-state index in [2.05, 4.69) is 25.9 Å². The normalized spacial score (nSPS) is 10.4. The van der Waals surface area contributed by atoms with Crippen LogP contribution in [-0.4, -0.2) is 9.97 Å². The van der Waals surface area contributed by atoms with E-state index in [0.717, 1.165) is 5.56 Å². The molecule has 2 aromatic rings. The molecule has 0 bridgehead atoms. The Morgan fingerprint density at radius 2 is 1.94 bits per heavy atom. The largest absolute Gasteiger partial charge is 0.439 e. The Balaban J connectivity index is 2.31. The first-order valence-corrected chi connectivity index (χ1v) is 5.79. The summed E-state index contributed by atoms with van der Waals surface area (Å²) < 4.78 is 19.2. The van der Waals surface area contributed by atoms with Crippen molar-refractivity contribution >= 4 is 15.9 Å². The molecule has 0 saturated heterocycles. The minimum atomic E-state index is -0.283. The van der Waals surface area contributed by atoms with Crippen molar-refractivity contribution in [1.82, 2.24) is 9.97 Å². The van der Waals surface area contributed by atoms with E-state index >= 15 is 0 Å². The summed E-state index contributed by atoms with van der Waals surface area (Å²) in [5.74, 6) is 1.33. The van der Waals surface area contributed by atoms with E-state index in [-0.39, 0.29) is 5.82 Å². The van der Waals surface area contributed by atoms with E-state index in [0.29, 0.717) is 22.1 Å². The van der Waals surface area contributed by atoms with Crippen LogP contribution in [0.3, 0.4) is 0 Å². The van der Waals surface area contributed by atoms with Crippen molar-refractivity contribution in [3.63, 3.8) is 0 Å². The van der Waals surface area contributed by atoms with Gasteiger partial charge in [-0.05, 0) is 53.5 Å². The predicted molar refractivity (Wildman–Crippen MR) is 65.7 cm³/mol.